The maximum atomic E-state index is 10.7. The number of hydrogen-bond donors (Lipinski definition) is 1. The maximum Gasteiger partial charge on any atom is 0.347 e. The fourth-order valence-electron chi connectivity index (χ4n) is 2.25. The molecule has 0 aromatic carbocycles. The summed E-state index contributed by atoms with van der Waals surface area (Å²) in [5, 5.41) is 9.76. The molecule has 1 aromatic rings. The Morgan fingerprint density at radius 1 is 1.75 bits per heavy atom. The summed E-state index contributed by atoms with van der Waals surface area (Å²) < 4.78 is 0. The van der Waals surface area contributed by atoms with Crippen LogP contribution in [0.25, 0.3) is 0 Å². The summed E-state index contributed by atoms with van der Waals surface area (Å²) in [5.74, 6) is -0.873. The number of nitrogens with zero attached hydrogens (tertiary/aromatic N) is 2. The Labute approximate surface area is 98.9 Å². The average Bonchev–Trinajstić information content (AvgIpc) is 2.87. The van der Waals surface area contributed by atoms with E-state index in [2.05, 4.69) is 16.8 Å². The molecule has 0 spiro atoms. The fraction of sp³-hybridized carbons (Fsp3) is 0.636. The molecule has 1 aromatic heterocycles. The van der Waals surface area contributed by atoms with Crippen LogP contribution >= 0.6 is 11.3 Å². The Hall–Kier alpha value is -0.940. The van der Waals surface area contributed by atoms with Gasteiger partial charge in [-0.3, -0.25) is 0 Å². The van der Waals surface area contributed by atoms with E-state index in [1.165, 1.54) is 36.9 Å². The summed E-state index contributed by atoms with van der Waals surface area (Å²) in [6.45, 7) is 4.41. The van der Waals surface area contributed by atoms with Crippen molar-refractivity contribution >= 4 is 17.3 Å². The number of hydrogen-bond acceptors (Lipinski definition) is 4. The van der Waals surface area contributed by atoms with Gasteiger partial charge in [0.05, 0.1) is 11.2 Å². The first kappa shape index (κ1) is 11.5. The molecule has 1 fully saturated rings. The molecule has 2 heterocycles. The van der Waals surface area contributed by atoms with Crippen molar-refractivity contribution in [3.05, 3.63) is 16.1 Å². The van der Waals surface area contributed by atoms with Crippen molar-refractivity contribution < 1.29 is 9.90 Å². The Balaban J connectivity index is 2.00. The lowest BCUT2D eigenvalue weighted by Gasteiger charge is -2.21. The number of aromatic nitrogens is 1. The van der Waals surface area contributed by atoms with E-state index in [-0.39, 0.29) is 0 Å². The first-order chi connectivity index (χ1) is 7.70. The molecular formula is C11H16N2O2S. The fourth-order valence-corrected chi connectivity index (χ4v) is 3.08. The van der Waals surface area contributed by atoms with Gasteiger partial charge in [0.15, 0.2) is 0 Å². The molecule has 1 unspecified atom stereocenters. The van der Waals surface area contributed by atoms with Crippen LogP contribution < -0.4 is 0 Å². The van der Waals surface area contributed by atoms with Crippen molar-refractivity contribution in [2.24, 2.45) is 0 Å². The Bertz CT molecular complexity index is 378. The average molecular weight is 240 g/mol. The summed E-state index contributed by atoms with van der Waals surface area (Å²) in [5.41, 5.74) is 0. The Morgan fingerprint density at radius 2 is 2.56 bits per heavy atom. The standard InChI is InChI=1S/C11H16N2O2S/c1-2-13-5-3-4-8(13)6-10-12-7-9(16-10)11(14)15/h7-8H,2-6H2,1H3,(H,14,15). The van der Waals surface area contributed by atoms with Crippen molar-refractivity contribution in [3.8, 4) is 0 Å². The van der Waals surface area contributed by atoms with E-state index < -0.39 is 5.97 Å². The predicted octanol–water partition coefficient (Wildman–Crippen LogP) is 1.87. The van der Waals surface area contributed by atoms with Crippen LogP contribution in [0.15, 0.2) is 6.20 Å². The lowest BCUT2D eigenvalue weighted by Crippen LogP contribution is -2.30. The molecule has 2 rings (SSSR count). The highest BCUT2D eigenvalue weighted by atomic mass is 32.1. The lowest BCUT2D eigenvalue weighted by molar-refractivity contribution is 0.0702. The normalized spacial score (nSPS) is 21.4. The summed E-state index contributed by atoms with van der Waals surface area (Å²) >= 11 is 1.30. The highest BCUT2D eigenvalue weighted by molar-refractivity contribution is 7.13. The number of carboxylic acids is 1. The molecule has 1 saturated heterocycles. The zero-order valence-electron chi connectivity index (χ0n) is 9.35. The van der Waals surface area contributed by atoms with Crippen LogP contribution in [0.5, 0.6) is 0 Å². The van der Waals surface area contributed by atoms with Crippen LogP contribution in [-0.2, 0) is 6.42 Å². The van der Waals surface area contributed by atoms with Crippen molar-refractivity contribution in [3.63, 3.8) is 0 Å². The van der Waals surface area contributed by atoms with Crippen molar-refractivity contribution in [1.29, 1.82) is 0 Å². The van der Waals surface area contributed by atoms with Gasteiger partial charge in [-0.15, -0.1) is 11.3 Å². The second-order valence-corrected chi connectivity index (χ2v) is 5.17. The second kappa shape index (κ2) is 4.93. The quantitative estimate of drug-likeness (QED) is 0.873. The van der Waals surface area contributed by atoms with E-state index in [4.69, 9.17) is 5.11 Å². The third kappa shape index (κ3) is 2.41. The van der Waals surface area contributed by atoms with Crippen LogP contribution in [0.2, 0.25) is 0 Å². The topological polar surface area (TPSA) is 53.4 Å². The van der Waals surface area contributed by atoms with E-state index >= 15 is 0 Å². The number of rotatable bonds is 4. The molecule has 0 amide bonds. The number of aromatic carboxylic acids is 1. The maximum absolute atomic E-state index is 10.7. The molecule has 0 aliphatic carbocycles. The summed E-state index contributed by atoms with van der Waals surface area (Å²) in [6, 6.07) is 0.554. The zero-order chi connectivity index (χ0) is 11.5. The van der Waals surface area contributed by atoms with Crippen LogP contribution in [0.3, 0.4) is 0 Å². The van der Waals surface area contributed by atoms with Gasteiger partial charge in [0.1, 0.15) is 4.88 Å². The van der Waals surface area contributed by atoms with Crippen LogP contribution in [-0.4, -0.2) is 40.1 Å². The molecule has 5 heteroatoms. The molecule has 1 aliphatic heterocycles. The van der Waals surface area contributed by atoms with Gasteiger partial charge in [0, 0.05) is 12.5 Å². The molecule has 1 atom stereocenters. The zero-order valence-corrected chi connectivity index (χ0v) is 10.2. The van der Waals surface area contributed by atoms with Gasteiger partial charge < -0.3 is 10.0 Å². The van der Waals surface area contributed by atoms with Gasteiger partial charge in [0.2, 0.25) is 0 Å². The van der Waals surface area contributed by atoms with Crippen LogP contribution in [0, 0.1) is 0 Å². The molecule has 1 aliphatic rings. The van der Waals surface area contributed by atoms with Gasteiger partial charge in [0.25, 0.3) is 0 Å². The number of carboxylic acid groups (broad SMARTS) is 1. The smallest absolute Gasteiger partial charge is 0.347 e. The molecule has 88 valence electrons. The minimum Gasteiger partial charge on any atom is -0.477 e. The minimum atomic E-state index is -0.873. The molecule has 1 N–H and O–H groups in total. The third-order valence-corrected chi connectivity index (χ3v) is 4.09. The van der Waals surface area contributed by atoms with Gasteiger partial charge >= 0.3 is 5.97 Å². The second-order valence-electron chi connectivity index (χ2n) is 4.05. The molecule has 4 nitrogen and oxygen atoms in total. The van der Waals surface area contributed by atoms with E-state index in [0.717, 1.165) is 18.0 Å². The highest BCUT2D eigenvalue weighted by Crippen LogP contribution is 2.23. The number of carbonyl (C=O) groups is 1. The first-order valence-corrected chi connectivity index (χ1v) is 6.44. The largest absolute Gasteiger partial charge is 0.477 e. The summed E-state index contributed by atoms with van der Waals surface area (Å²) in [6.07, 6.45) is 4.81. The van der Waals surface area contributed by atoms with Crippen molar-refractivity contribution in [1.82, 2.24) is 9.88 Å². The predicted molar refractivity (Wildman–Crippen MR) is 63.0 cm³/mol. The summed E-state index contributed by atoms with van der Waals surface area (Å²) in [4.78, 5) is 17.7. The van der Waals surface area contributed by atoms with E-state index in [9.17, 15) is 4.79 Å². The van der Waals surface area contributed by atoms with E-state index in [1.807, 2.05) is 0 Å². The number of likely N-dealkylation sites (N-methyl/N-ethyl adjacent to an activating group) is 1. The highest BCUT2D eigenvalue weighted by Gasteiger charge is 2.24. The first-order valence-electron chi connectivity index (χ1n) is 5.62. The van der Waals surface area contributed by atoms with Gasteiger partial charge in [-0.1, -0.05) is 6.92 Å². The van der Waals surface area contributed by atoms with Gasteiger partial charge in [-0.2, -0.15) is 0 Å². The Kier molecular flexibility index (Phi) is 3.56. The lowest BCUT2D eigenvalue weighted by atomic mass is 10.1. The van der Waals surface area contributed by atoms with Gasteiger partial charge in [-0.05, 0) is 25.9 Å². The molecule has 0 bridgehead atoms. The number of thiazole rings is 1. The monoisotopic (exact) mass is 240 g/mol. The molecular weight excluding hydrogens is 224 g/mol. The minimum absolute atomic E-state index is 0.344. The molecule has 0 saturated carbocycles. The molecule has 16 heavy (non-hydrogen) atoms. The van der Waals surface area contributed by atoms with E-state index in [0.29, 0.717) is 10.9 Å². The van der Waals surface area contributed by atoms with Crippen LogP contribution in [0.1, 0.15) is 34.4 Å². The van der Waals surface area contributed by atoms with Crippen LogP contribution in [0.4, 0.5) is 0 Å². The van der Waals surface area contributed by atoms with E-state index in [1.54, 1.807) is 0 Å². The number of likely N-dealkylation sites (tertiary alicyclic amines) is 1. The Morgan fingerprint density at radius 3 is 3.19 bits per heavy atom. The SMILES string of the molecule is CCN1CCCC1Cc1ncc(C(=O)O)s1. The van der Waals surface area contributed by atoms with Crippen molar-refractivity contribution in [2.75, 3.05) is 13.1 Å². The van der Waals surface area contributed by atoms with Gasteiger partial charge in [-0.25, -0.2) is 9.78 Å². The third-order valence-electron chi connectivity index (χ3n) is 3.08. The summed E-state index contributed by atoms with van der Waals surface area (Å²) in [7, 11) is 0. The molecule has 0 radical (unpaired) electrons. The van der Waals surface area contributed by atoms with Crippen molar-refractivity contribution in [2.45, 2.75) is 32.2 Å².